The van der Waals surface area contributed by atoms with Crippen LogP contribution >= 0.6 is 6.72 Å². The lowest BCUT2D eigenvalue weighted by Crippen LogP contribution is -1.94. The number of rotatable bonds is 8. The van der Waals surface area contributed by atoms with E-state index in [1.54, 1.807) is 0 Å². The van der Waals surface area contributed by atoms with E-state index >= 15 is 0 Å². The largest absolute Gasteiger partial charge is 0.396 e. The molecule has 80 valence electrons. The first-order chi connectivity index (χ1) is 6.12. The van der Waals surface area contributed by atoms with Crippen molar-refractivity contribution < 1.29 is 19.0 Å². The molecule has 1 unspecified atom stereocenters. The molecule has 0 aromatic carbocycles. The number of aliphatic hydroxyl groups is 1. The molecule has 0 aromatic heterocycles. The molecule has 2 N–H and O–H groups in total. The Kier molecular flexibility index (Phi) is 8.15. The molecule has 0 radical (unpaired) electrons. The quantitative estimate of drug-likeness (QED) is 0.486. The summed E-state index contributed by atoms with van der Waals surface area (Å²) in [5, 5.41) is 8.49. The molecule has 13 heavy (non-hydrogen) atoms. The van der Waals surface area contributed by atoms with Crippen LogP contribution in [0.4, 0.5) is 0 Å². The topological polar surface area (TPSA) is 58.9 Å². The lowest BCUT2D eigenvalue weighted by Gasteiger charge is -2.12. The average molecular weight is 228 g/mol. The van der Waals surface area contributed by atoms with E-state index in [9.17, 15) is 0 Å². The van der Waals surface area contributed by atoms with Crippen molar-refractivity contribution in [3.63, 3.8) is 0 Å². The summed E-state index contributed by atoms with van der Waals surface area (Å²) < 4.78 is 9.54. The number of hydrogen-bond donors (Lipinski definition) is 2. The van der Waals surface area contributed by atoms with Gasteiger partial charge in [-0.25, -0.2) is 0 Å². The molecule has 0 bridgehead atoms. The third-order valence-corrected chi connectivity index (χ3v) is 3.27. The van der Waals surface area contributed by atoms with E-state index in [2.05, 4.69) is 16.3 Å². The summed E-state index contributed by atoms with van der Waals surface area (Å²) in [6.07, 6.45) is 3.60. The van der Waals surface area contributed by atoms with E-state index in [1.165, 1.54) is 7.11 Å². The molecule has 0 heterocycles. The van der Waals surface area contributed by atoms with Crippen LogP contribution in [0.3, 0.4) is 0 Å². The van der Waals surface area contributed by atoms with Gasteiger partial charge in [-0.1, -0.05) is 12.8 Å². The van der Waals surface area contributed by atoms with Crippen molar-refractivity contribution in [1.82, 2.24) is 0 Å². The van der Waals surface area contributed by atoms with E-state index in [4.69, 9.17) is 14.5 Å². The Labute approximate surface area is 84.1 Å². The molecule has 0 saturated carbocycles. The van der Waals surface area contributed by atoms with E-state index in [-0.39, 0.29) is 6.61 Å². The molecule has 0 saturated heterocycles. The zero-order chi connectivity index (χ0) is 10.2. The Morgan fingerprint density at radius 2 is 1.85 bits per heavy atom. The van der Waals surface area contributed by atoms with Crippen LogP contribution in [0.1, 0.15) is 25.7 Å². The van der Waals surface area contributed by atoms with Crippen LogP contribution in [0.15, 0.2) is 0 Å². The number of aliphatic hydroxyl groups excluding tert-OH is 1. The summed E-state index contributed by atoms with van der Waals surface area (Å²) in [4.78, 5) is 9.17. The van der Waals surface area contributed by atoms with E-state index < -0.39 is 6.72 Å². The Hall–Kier alpha value is 0.490. The second kappa shape index (κ2) is 7.85. The van der Waals surface area contributed by atoms with Crippen molar-refractivity contribution in [3.05, 3.63) is 0 Å². The van der Waals surface area contributed by atoms with Crippen molar-refractivity contribution in [2.24, 2.45) is 0 Å². The molecular weight excluding hydrogens is 211 g/mol. The van der Waals surface area contributed by atoms with Gasteiger partial charge in [0.25, 0.3) is 0 Å². The maximum atomic E-state index is 9.17. The third-order valence-electron chi connectivity index (χ3n) is 1.54. The van der Waals surface area contributed by atoms with Crippen LogP contribution in [0, 0.1) is 0 Å². The van der Waals surface area contributed by atoms with Crippen molar-refractivity contribution in [2.75, 3.05) is 20.3 Å². The lowest BCUT2D eigenvalue weighted by molar-refractivity contribution is 0.219. The van der Waals surface area contributed by atoms with Crippen LogP contribution in [-0.2, 0) is 20.9 Å². The summed E-state index contributed by atoms with van der Waals surface area (Å²) in [7, 11) is 1.34. The zero-order valence-corrected chi connectivity index (χ0v) is 9.52. The Balaban J connectivity index is 3.21. The van der Waals surface area contributed by atoms with Gasteiger partial charge >= 0.3 is 6.72 Å². The van der Waals surface area contributed by atoms with Gasteiger partial charge in [0.2, 0.25) is 0 Å². The normalized spacial score (nSPS) is 15.6. The monoisotopic (exact) mass is 228 g/mol. The smallest absolute Gasteiger partial charge is 0.324 e. The van der Waals surface area contributed by atoms with Crippen LogP contribution < -0.4 is 0 Å². The van der Waals surface area contributed by atoms with Crippen LogP contribution in [0.5, 0.6) is 0 Å². The van der Waals surface area contributed by atoms with Gasteiger partial charge in [-0.3, -0.25) is 0 Å². The highest BCUT2D eigenvalue weighted by Gasteiger charge is 2.10. The average Bonchev–Trinajstić information content (AvgIpc) is 2.11. The van der Waals surface area contributed by atoms with Crippen LogP contribution in [0.25, 0.3) is 0 Å². The predicted octanol–water partition coefficient (Wildman–Crippen LogP) is 1.42. The van der Waals surface area contributed by atoms with Gasteiger partial charge in [0.1, 0.15) is 0 Å². The summed E-state index contributed by atoms with van der Waals surface area (Å²) >= 11 is 4.63. The van der Waals surface area contributed by atoms with Gasteiger partial charge < -0.3 is 19.0 Å². The molecule has 0 amide bonds. The number of unbranched alkanes of at least 4 members (excludes halogenated alkanes) is 3. The molecule has 1 atom stereocenters. The fourth-order valence-corrected chi connectivity index (χ4v) is 1.49. The molecule has 0 fully saturated rings. The van der Waals surface area contributed by atoms with Crippen molar-refractivity contribution in [1.29, 1.82) is 0 Å². The minimum atomic E-state index is -2.95. The van der Waals surface area contributed by atoms with Gasteiger partial charge in [-0.15, -0.1) is 0 Å². The Morgan fingerprint density at radius 1 is 1.23 bits per heavy atom. The van der Waals surface area contributed by atoms with Crippen molar-refractivity contribution >= 4 is 18.5 Å². The standard InChI is InChI=1S/C7H17O4PS/c1-10-12(9,13)11-7-5-3-2-4-6-8/h8H,2-7H2,1H3,(H,9,13). The minimum absolute atomic E-state index is 0.233. The van der Waals surface area contributed by atoms with Crippen molar-refractivity contribution in [3.8, 4) is 0 Å². The van der Waals surface area contributed by atoms with E-state index in [0.29, 0.717) is 6.61 Å². The second-order valence-electron chi connectivity index (χ2n) is 2.62. The zero-order valence-electron chi connectivity index (χ0n) is 7.81. The molecule has 0 aromatic rings. The Morgan fingerprint density at radius 3 is 2.38 bits per heavy atom. The molecule has 6 heteroatoms. The fourth-order valence-electron chi connectivity index (χ4n) is 0.800. The SMILES string of the molecule is COP(O)(=S)OCCCCCCO. The second-order valence-corrected chi connectivity index (χ2v) is 5.57. The van der Waals surface area contributed by atoms with Gasteiger partial charge in [-0.05, 0) is 24.6 Å². The van der Waals surface area contributed by atoms with Gasteiger partial charge in [0, 0.05) is 13.7 Å². The minimum Gasteiger partial charge on any atom is -0.396 e. The molecule has 0 aliphatic carbocycles. The molecule has 0 rings (SSSR count). The molecule has 0 spiro atoms. The van der Waals surface area contributed by atoms with Crippen molar-refractivity contribution in [2.45, 2.75) is 25.7 Å². The molecule has 4 nitrogen and oxygen atoms in total. The van der Waals surface area contributed by atoms with Gasteiger partial charge in [-0.2, -0.15) is 0 Å². The first kappa shape index (κ1) is 13.5. The van der Waals surface area contributed by atoms with E-state index in [1.807, 2.05) is 0 Å². The summed E-state index contributed by atoms with van der Waals surface area (Å²) in [5.41, 5.74) is 0. The maximum Gasteiger partial charge on any atom is 0.324 e. The first-order valence-electron chi connectivity index (χ1n) is 4.26. The summed E-state index contributed by atoms with van der Waals surface area (Å²) in [6, 6.07) is 0. The van der Waals surface area contributed by atoms with E-state index in [0.717, 1.165) is 25.7 Å². The van der Waals surface area contributed by atoms with Crippen LogP contribution in [0.2, 0.25) is 0 Å². The number of hydrogen-bond acceptors (Lipinski definition) is 4. The maximum absolute atomic E-state index is 9.17. The molecule has 0 aliphatic heterocycles. The molecular formula is C7H17O4PS. The fraction of sp³-hybridized carbons (Fsp3) is 1.00. The van der Waals surface area contributed by atoms with Gasteiger partial charge in [0.15, 0.2) is 0 Å². The first-order valence-corrected chi connectivity index (χ1v) is 6.85. The van der Waals surface area contributed by atoms with Gasteiger partial charge in [0.05, 0.1) is 6.61 Å². The third kappa shape index (κ3) is 8.81. The highest BCUT2D eigenvalue weighted by atomic mass is 32.5. The summed E-state index contributed by atoms with van der Waals surface area (Å²) in [5.74, 6) is 0. The molecule has 0 aliphatic rings. The van der Waals surface area contributed by atoms with Crippen LogP contribution in [-0.4, -0.2) is 30.3 Å². The predicted molar refractivity (Wildman–Crippen MR) is 55.0 cm³/mol. The lowest BCUT2D eigenvalue weighted by atomic mass is 10.2. The highest BCUT2D eigenvalue weighted by molar-refractivity contribution is 8.07. The summed E-state index contributed by atoms with van der Waals surface area (Å²) in [6.45, 7) is -2.29. The Bertz CT molecular complexity index is 165. The highest BCUT2D eigenvalue weighted by Crippen LogP contribution is 2.42.